The molecule has 1 aliphatic carbocycles. The zero-order valence-corrected chi connectivity index (χ0v) is 19.6. The minimum atomic E-state index is 0.262. The van der Waals surface area contributed by atoms with Crippen molar-refractivity contribution in [1.82, 2.24) is 10.6 Å². The monoisotopic (exact) mass is 435 g/mol. The summed E-state index contributed by atoms with van der Waals surface area (Å²) >= 11 is 6.47. The molecule has 0 saturated heterocycles. The summed E-state index contributed by atoms with van der Waals surface area (Å²) in [5.74, 6) is 0. The molecule has 0 aliphatic heterocycles. The summed E-state index contributed by atoms with van der Waals surface area (Å²) in [6.45, 7) is 12.2. The van der Waals surface area contributed by atoms with Crippen molar-refractivity contribution in [2.75, 3.05) is 13.1 Å². The standard InChI is InChI=1S/C27H34ClN3/c1-18-5-8-23(9-6-18)20(3)30-17-22-7-10-24(15-22)25-11-12-27(28)26(16-25)21(4)31-19(2)13-14-29/h5-12,16,19-20,30-31H,4,13-15,17,29H2,1-3H3. The van der Waals surface area contributed by atoms with Crippen LogP contribution in [0.15, 0.2) is 66.8 Å². The molecule has 0 amide bonds. The third-order valence-corrected chi connectivity index (χ3v) is 6.16. The van der Waals surface area contributed by atoms with Crippen molar-refractivity contribution in [3.63, 3.8) is 0 Å². The lowest BCUT2D eigenvalue weighted by molar-refractivity contribution is 0.604. The second-order valence-corrected chi connectivity index (χ2v) is 8.91. The molecule has 0 radical (unpaired) electrons. The Morgan fingerprint density at radius 1 is 1.13 bits per heavy atom. The average molecular weight is 436 g/mol. The zero-order valence-electron chi connectivity index (χ0n) is 18.8. The number of benzene rings is 2. The van der Waals surface area contributed by atoms with E-state index < -0.39 is 0 Å². The van der Waals surface area contributed by atoms with Crippen LogP contribution in [-0.2, 0) is 0 Å². The largest absolute Gasteiger partial charge is 0.382 e. The third kappa shape index (κ3) is 6.33. The molecule has 0 bridgehead atoms. The highest BCUT2D eigenvalue weighted by Crippen LogP contribution is 2.32. The molecule has 164 valence electrons. The van der Waals surface area contributed by atoms with Crippen LogP contribution in [0.5, 0.6) is 0 Å². The minimum absolute atomic E-state index is 0.262. The van der Waals surface area contributed by atoms with Gasteiger partial charge in [-0.15, -0.1) is 0 Å². The first-order valence-electron chi connectivity index (χ1n) is 11.0. The second kappa shape index (κ2) is 10.8. The molecule has 0 saturated carbocycles. The molecule has 31 heavy (non-hydrogen) atoms. The van der Waals surface area contributed by atoms with Gasteiger partial charge in [0.2, 0.25) is 0 Å². The fraction of sp³-hybridized carbons (Fsp3) is 0.333. The predicted molar refractivity (Wildman–Crippen MR) is 135 cm³/mol. The Kier molecular flexibility index (Phi) is 8.14. The normalized spacial score (nSPS) is 15.3. The van der Waals surface area contributed by atoms with E-state index in [0.29, 0.717) is 17.6 Å². The van der Waals surface area contributed by atoms with Gasteiger partial charge in [0.1, 0.15) is 0 Å². The molecule has 0 aromatic heterocycles. The summed E-state index contributed by atoms with van der Waals surface area (Å²) in [5, 5.41) is 7.77. The summed E-state index contributed by atoms with van der Waals surface area (Å²) in [4.78, 5) is 0. The minimum Gasteiger partial charge on any atom is -0.382 e. The first-order chi connectivity index (χ1) is 14.9. The van der Waals surface area contributed by atoms with E-state index in [4.69, 9.17) is 17.3 Å². The quantitative estimate of drug-likeness (QED) is 0.428. The number of halogens is 1. The number of allylic oxidation sites excluding steroid dienone is 3. The summed E-state index contributed by atoms with van der Waals surface area (Å²) < 4.78 is 0. The molecule has 3 rings (SSSR count). The van der Waals surface area contributed by atoms with E-state index in [1.54, 1.807) is 0 Å². The molecule has 2 aromatic rings. The summed E-state index contributed by atoms with van der Waals surface area (Å²) in [6, 6.07) is 15.5. The SMILES string of the molecule is C=C(NC(C)CCN)c1cc(C2=CC=C(CNC(C)c3ccc(C)cc3)C2)ccc1Cl. The lowest BCUT2D eigenvalue weighted by Crippen LogP contribution is -2.26. The number of nitrogens with one attached hydrogen (secondary N) is 2. The zero-order chi connectivity index (χ0) is 22.4. The molecule has 0 heterocycles. The van der Waals surface area contributed by atoms with Crippen molar-refractivity contribution in [2.24, 2.45) is 5.73 Å². The molecule has 4 N–H and O–H groups in total. The maximum absolute atomic E-state index is 6.47. The van der Waals surface area contributed by atoms with E-state index in [1.807, 2.05) is 6.07 Å². The van der Waals surface area contributed by atoms with Gasteiger partial charge >= 0.3 is 0 Å². The van der Waals surface area contributed by atoms with E-state index in [1.165, 1.54) is 27.8 Å². The van der Waals surface area contributed by atoms with Crippen LogP contribution < -0.4 is 16.4 Å². The first kappa shape index (κ1) is 23.3. The maximum atomic E-state index is 6.47. The topological polar surface area (TPSA) is 50.1 Å². The van der Waals surface area contributed by atoms with Crippen LogP contribution in [0, 0.1) is 6.92 Å². The van der Waals surface area contributed by atoms with Crippen molar-refractivity contribution >= 4 is 22.9 Å². The summed E-state index contributed by atoms with van der Waals surface area (Å²) in [7, 11) is 0. The second-order valence-electron chi connectivity index (χ2n) is 8.50. The molecule has 1 aliphatic rings. The number of rotatable bonds is 10. The highest BCUT2D eigenvalue weighted by molar-refractivity contribution is 6.32. The third-order valence-electron chi connectivity index (χ3n) is 5.83. The Balaban J connectivity index is 1.58. The van der Waals surface area contributed by atoms with Crippen LogP contribution in [0.3, 0.4) is 0 Å². The molecule has 2 atom stereocenters. The Morgan fingerprint density at radius 3 is 2.58 bits per heavy atom. The number of hydrogen-bond acceptors (Lipinski definition) is 3. The number of aryl methyl sites for hydroxylation is 1. The van der Waals surface area contributed by atoms with Crippen LogP contribution in [0.4, 0.5) is 0 Å². The number of hydrogen-bond donors (Lipinski definition) is 3. The van der Waals surface area contributed by atoms with Gasteiger partial charge in [-0.1, -0.05) is 71.8 Å². The summed E-state index contributed by atoms with van der Waals surface area (Å²) in [5.41, 5.74) is 13.9. The van der Waals surface area contributed by atoms with E-state index >= 15 is 0 Å². The van der Waals surface area contributed by atoms with Crippen molar-refractivity contribution in [3.8, 4) is 0 Å². The van der Waals surface area contributed by atoms with Crippen LogP contribution in [0.25, 0.3) is 11.3 Å². The molecule has 2 aromatic carbocycles. The first-order valence-corrected chi connectivity index (χ1v) is 11.4. The maximum Gasteiger partial charge on any atom is 0.0499 e. The highest BCUT2D eigenvalue weighted by Gasteiger charge is 2.15. The Morgan fingerprint density at radius 2 is 1.87 bits per heavy atom. The van der Waals surface area contributed by atoms with Gasteiger partial charge in [-0.05, 0) is 69.0 Å². The Labute approximate surface area is 192 Å². The van der Waals surface area contributed by atoms with E-state index in [9.17, 15) is 0 Å². The van der Waals surface area contributed by atoms with Gasteiger partial charge in [0, 0.05) is 34.9 Å². The van der Waals surface area contributed by atoms with Gasteiger partial charge in [0.15, 0.2) is 0 Å². The van der Waals surface area contributed by atoms with Gasteiger partial charge in [0.25, 0.3) is 0 Å². The van der Waals surface area contributed by atoms with Gasteiger partial charge in [-0.25, -0.2) is 0 Å². The van der Waals surface area contributed by atoms with Crippen molar-refractivity contribution in [1.29, 1.82) is 0 Å². The Hall–Kier alpha value is -2.33. The predicted octanol–water partition coefficient (Wildman–Crippen LogP) is 6.01. The van der Waals surface area contributed by atoms with E-state index in [2.05, 4.69) is 86.5 Å². The fourth-order valence-corrected chi connectivity index (χ4v) is 4.04. The molecular weight excluding hydrogens is 402 g/mol. The molecule has 2 unspecified atom stereocenters. The molecule has 0 spiro atoms. The van der Waals surface area contributed by atoms with Crippen LogP contribution in [0.1, 0.15) is 55.0 Å². The van der Waals surface area contributed by atoms with E-state index in [-0.39, 0.29) is 6.04 Å². The van der Waals surface area contributed by atoms with Crippen LogP contribution in [0.2, 0.25) is 5.02 Å². The lowest BCUT2D eigenvalue weighted by atomic mass is 9.99. The molecule has 3 nitrogen and oxygen atoms in total. The lowest BCUT2D eigenvalue weighted by Gasteiger charge is -2.18. The smallest absolute Gasteiger partial charge is 0.0499 e. The molecular formula is C27H34ClN3. The average Bonchev–Trinajstić information content (AvgIpc) is 3.22. The van der Waals surface area contributed by atoms with Crippen LogP contribution >= 0.6 is 11.6 Å². The van der Waals surface area contributed by atoms with Gasteiger partial charge in [0.05, 0.1) is 0 Å². The molecule has 4 heteroatoms. The molecule has 0 fully saturated rings. The summed E-state index contributed by atoms with van der Waals surface area (Å²) in [6.07, 6.45) is 6.28. The van der Waals surface area contributed by atoms with Crippen molar-refractivity contribution < 1.29 is 0 Å². The van der Waals surface area contributed by atoms with Gasteiger partial charge < -0.3 is 16.4 Å². The van der Waals surface area contributed by atoms with Crippen molar-refractivity contribution in [2.45, 2.75) is 45.7 Å². The van der Waals surface area contributed by atoms with Crippen molar-refractivity contribution in [3.05, 3.63) is 94.0 Å². The number of nitrogens with two attached hydrogens (primary N) is 1. The van der Waals surface area contributed by atoms with Crippen LogP contribution in [-0.4, -0.2) is 19.1 Å². The fourth-order valence-electron chi connectivity index (χ4n) is 3.81. The highest BCUT2D eigenvalue weighted by atomic mass is 35.5. The van der Waals surface area contributed by atoms with Gasteiger partial charge in [-0.2, -0.15) is 0 Å². The van der Waals surface area contributed by atoms with Gasteiger partial charge in [-0.3, -0.25) is 0 Å². The van der Waals surface area contributed by atoms with E-state index in [0.717, 1.165) is 30.6 Å². The Bertz CT molecular complexity index is 972.